The van der Waals surface area contributed by atoms with Crippen LogP contribution in [0.5, 0.6) is 0 Å². The Hall–Kier alpha value is -1.27. The molecule has 2 rings (SSSR count). The fraction of sp³-hybridized carbons (Fsp3) is 0.667. The van der Waals surface area contributed by atoms with Gasteiger partial charge in [0, 0.05) is 13.5 Å². The molecule has 116 valence electrons. The third kappa shape index (κ3) is 3.68. The average molecular weight is 311 g/mol. The number of hydrogen-bond acceptors (Lipinski definition) is 5. The van der Waals surface area contributed by atoms with Crippen LogP contribution in [0.4, 0.5) is 0 Å². The summed E-state index contributed by atoms with van der Waals surface area (Å²) in [6.45, 7) is 3.85. The van der Waals surface area contributed by atoms with Crippen LogP contribution < -0.4 is 0 Å². The van der Waals surface area contributed by atoms with Gasteiger partial charge in [0.25, 0.3) is 0 Å². The van der Waals surface area contributed by atoms with E-state index in [2.05, 4.69) is 4.98 Å². The van der Waals surface area contributed by atoms with E-state index in [1.54, 1.807) is 0 Å². The first-order valence-electron chi connectivity index (χ1n) is 7.41. The molecule has 1 unspecified atom stereocenters. The first-order valence-corrected chi connectivity index (χ1v) is 8.22. The van der Waals surface area contributed by atoms with Crippen molar-refractivity contribution in [2.45, 2.75) is 52.1 Å². The van der Waals surface area contributed by atoms with Crippen molar-refractivity contribution in [2.75, 3.05) is 6.61 Å². The van der Waals surface area contributed by atoms with Crippen molar-refractivity contribution in [1.82, 2.24) is 4.98 Å². The van der Waals surface area contributed by atoms with Gasteiger partial charge in [-0.25, -0.2) is 9.78 Å². The topological polar surface area (TPSA) is 76.5 Å². The molecule has 0 radical (unpaired) electrons. The third-order valence-corrected chi connectivity index (χ3v) is 5.05. The van der Waals surface area contributed by atoms with Gasteiger partial charge in [0.15, 0.2) is 11.5 Å². The molecule has 1 N–H and O–H groups in total. The Bertz CT molecular complexity index is 488. The smallest absolute Gasteiger partial charge is 0.356 e. The first kappa shape index (κ1) is 16.1. The highest BCUT2D eigenvalue weighted by Gasteiger charge is 2.31. The molecule has 1 aliphatic rings. The molecule has 1 aromatic rings. The van der Waals surface area contributed by atoms with Gasteiger partial charge in [-0.1, -0.05) is 19.3 Å². The number of rotatable bonds is 6. The summed E-state index contributed by atoms with van der Waals surface area (Å²) in [5, 5.41) is 9.83. The van der Waals surface area contributed by atoms with Crippen molar-refractivity contribution in [2.24, 2.45) is 5.92 Å². The fourth-order valence-corrected chi connectivity index (χ4v) is 3.96. The maximum Gasteiger partial charge on any atom is 0.356 e. The first-order chi connectivity index (χ1) is 10.0. The molecule has 0 aliphatic heterocycles. The molecule has 0 spiro atoms. The van der Waals surface area contributed by atoms with E-state index in [1.165, 1.54) is 37.5 Å². The Morgan fingerprint density at radius 3 is 2.52 bits per heavy atom. The van der Waals surface area contributed by atoms with Crippen molar-refractivity contribution in [3.05, 3.63) is 15.6 Å². The van der Waals surface area contributed by atoms with Crippen molar-refractivity contribution < 1.29 is 19.4 Å². The largest absolute Gasteiger partial charge is 0.476 e. The number of Topliss-reactive ketones (excluding diaryl/α,β-unsaturated/α-hetero) is 1. The summed E-state index contributed by atoms with van der Waals surface area (Å²) in [5.74, 6) is -1.04. The summed E-state index contributed by atoms with van der Waals surface area (Å²) in [4.78, 5) is 27.3. The van der Waals surface area contributed by atoms with Crippen LogP contribution in [0.1, 0.15) is 77.2 Å². The second-order valence-corrected chi connectivity index (χ2v) is 6.40. The Balaban J connectivity index is 2.33. The lowest BCUT2D eigenvalue weighted by Crippen LogP contribution is -2.19. The number of aromatic nitrogens is 1. The maximum absolute atomic E-state index is 11.6. The zero-order valence-electron chi connectivity index (χ0n) is 12.4. The highest BCUT2D eigenvalue weighted by molar-refractivity contribution is 7.14. The van der Waals surface area contributed by atoms with Crippen LogP contribution in [0.2, 0.25) is 0 Å². The number of nitrogens with zero attached hydrogens (tertiary/aromatic N) is 1. The summed E-state index contributed by atoms with van der Waals surface area (Å²) >= 11 is 1.17. The number of hydrogen-bond donors (Lipinski definition) is 1. The van der Waals surface area contributed by atoms with Crippen LogP contribution >= 0.6 is 11.3 Å². The van der Waals surface area contributed by atoms with Gasteiger partial charge in [-0.3, -0.25) is 4.79 Å². The van der Waals surface area contributed by atoms with E-state index >= 15 is 0 Å². The molecule has 1 atom stereocenters. The average Bonchev–Trinajstić information content (AvgIpc) is 2.91. The number of thiazole rings is 1. The Morgan fingerprint density at radius 1 is 1.38 bits per heavy atom. The highest BCUT2D eigenvalue weighted by atomic mass is 32.1. The van der Waals surface area contributed by atoms with Gasteiger partial charge in [-0.2, -0.15) is 0 Å². The van der Waals surface area contributed by atoms with Gasteiger partial charge in [0.05, 0.1) is 0 Å². The van der Waals surface area contributed by atoms with Gasteiger partial charge in [-0.05, 0) is 25.7 Å². The molecule has 0 aromatic carbocycles. The minimum absolute atomic E-state index is 0.136. The lowest BCUT2D eigenvalue weighted by Gasteiger charge is -2.28. The van der Waals surface area contributed by atoms with Crippen LogP contribution in [0.15, 0.2) is 0 Å². The number of ketones is 1. The van der Waals surface area contributed by atoms with E-state index in [9.17, 15) is 14.7 Å². The highest BCUT2D eigenvalue weighted by Crippen LogP contribution is 2.39. The zero-order chi connectivity index (χ0) is 15.4. The van der Waals surface area contributed by atoms with Crippen LogP contribution in [0.3, 0.4) is 0 Å². The zero-order valence-corrected chi connectivity index (χ0v) is 13.2. The molecule has 5 nitrogen and oxygen atoms in total. The van der Waals surface area contributed by atoms with Crippen LogP contribution in [-0.2, 0) is 4.74 Å². The molecule has 1 saturated carbocycles. The summed E-state index contributed by atoms with van der Waals surface area (Å²) in [7, 11) is 0. The van der Waals surface area contributed by atoms with E-state index in [1.807, 2.05) is 6.92 Å². The fourth-order valence-electron chi connectivity index (χ4n) is 2.87. The minimum atomic E-state index is -1.15. The summed E-state index contributed by atoms with van der Waals surface area (Å²) in [5.41, 5.74) is -0.136. The number of carbonyl (C=O) groups excluding carboxylic acids is 1. The number of carboxylic acid groups (broad SMARTS) is 1. The molecule has 1 fully saturated rings. The molecule has 0 saturated heterocycles. The molecular weight excluding hydrogens is 290 g/mol. The number of aromatic carboxylic acids is 1. The van der Waals surface area contributed by atoms with E-state index in [-0.39, 0.29) is 22.5 Å². The summed E-state index contributed by atoms with van der Waals surface area (Å²) < 4.78 is 5.84. The Labute approximate surface area is 128 Å². The van der Waals surface area contributed by atoms with Crippen molar-refractivity contribution >= 4 is 23.1 Å². The van der Waals surface area contributed by atoms with E-state index in [0.717, 1.165) is 12.8 Å². The molecule has 1 aromatic heterocycles. The van der Waals surface area contributed by atoms with Crippen molar-refractivity contribution in [3.8, 4) is 0 Å². The third-order valence-electron chi connectivity index (χ3n) is 3.83. The van der Waals surface area contributed by atoms with E-state index in [4.69, 9.17) is 4.74 Å². The minimum Gasteiger partial charge on any atom is -0.476 e. The second kappa shape index (κ2) is 7.13. The normalized spacial score (nSPS) is 17.6. The lowest BCUT2D eigenvalue weighted by atomic mass is 9.85. The molecule has 0 bridgehead atoms. The predicted octanol–water partition coefficient (Wildman–Crippen LogP) is 3.70. The molecule has 0 amide bonds. The number of carbonyl (C=O) groups is 2. The van der Waals surface area contributed by atoms with Gasteiger partial charge in [0.2, 0.25) is 0 Å². The quantitative estimate of drug-likeness (QED) is 0.811. The van der Waals surface area contributed by atoms with Crippen LogP contribution in [-0.4, -0.2) is 28.4 Å². The van der Waals surface area contributed by atoms with E-state index < -0.39 is 5.97 Å². The standard InChI is InChI=1S/C15H21NO4S/c1-3-20-12(10-7-5-4-6-8-10)14-16-11(15(18)19)13(21-14)9(2)17/h10,12H,3-8H2,1-2H3,(H,18,19). The predicted molar refractivity (Wildman–Crippen MR) is 80.0 cm³/mol. The lowest BCUT2D eigenvalue weighted by molar-refractivity contribution is 0.00540. The molecule has 6 heteroatoms. The molecule has 1 aliphatic carbocycles. The number of carboxylic acids is 1. The Kier molecular flexibility index (Phi) is 5.47. The molecule has 21 heavy (non-hydrogen) atoms. The SMILES string of the molecule is CCOC(c1nc(C(=O)O)c(C(C)=O)s1)C1CCCCC1. The second-order valence-electron chi connectivity index (χ2n) is 5.37. The van der Waals surface area contributed by atoms with Crippen LogP contribution in [0, 0.1) is 5.92 Å². The van der Waals surface area contributed by atoms with Crippen LogP contribution in [0.25, 0.3) is 0 Å². The van der Waals surface area contributed by atoms with Gasteiger partial charge < -0.3 is 9.84 Å². The summed E-state index contributed by atoms with van der Waals surface area (Å²) in [6, 6.07) is 0. The van der Waals surface area contributed by atoms with E-state index in [0.29, 0.717) is 17.5 Å². The van der Waals surface area contributed by atoms with Gasteiger partial charge in [0.1, 0.15) is 16.0 Å². The number of ether oxygens (including phenoxy) is 1. The van der Waals surface area contributed by atoms with Crippen molar-refractivity contribution in [3.63, 3.8) is 0 Å². The summed E-state index contributed by atoms with van der Waals surface area (Å²) in [6.07, 6.45) is 5.54. The Morgan fingerprint density at radius 2 is 2.05 bits per heavy atom. The van der Waals surface area contributed by atoms with Crippen molar-refractivity contribution in [1.29, 1.82) is 0 Å². The molecular formula is C15H21NO4S. The van der Waals surface area contributed by atoms with Gasteiger partial charge >= 0.3 is 5.97 Å². The molecule has 1 heterocycles. The van der Waals surface area contributed by atoms with Gasteiger partial charge in [-0.15, -0.1) is 11.3 Å². The monoisotopic (exact) mass is 311 g/mol. The maximum atomic E-state index is 11.6.